The average molecular weight is 390 g/mol. The summed E-state index contributed by atoms with van der Waals surface area (Å²) >= 11 is 3.13. The predicted molar refractivity (Wildman–Crippen MR) is 81.1 cm³/mol. The Hall–Kier alpha value is -1.09. The van der Waals surface area contributed by atoms with Gasteiger partial charge in [-0.1, -0.05) is 17.8 Å². The minimum Gasteiger partial charge on any atom is -0.350 e. The zero-order valence-electron chi connectivity index (χ0n) is 9.89. The normalized spacial score (nSPS) is 14.9. The van der Waals surface area contributed by atoms with Crippen LogP contribution in [0.15, 0.2) is 24.3 Å². The molecule has 0 aromatic heterocycles. The van der Waals surface area contributed by atoms with Crippen LogP contribution in [-0.2, 0) is 4.79 Å². The summed E-state index contributed by atoms with van der Waals surface area (Å²) < 4.78 is 0.978. The number of hydrogen-bond acceptors (Lipinski definition) is 4. The molecular formula is C12H11IN2O3S. The Bertz CT molecular complexity index is 519. The highest BCUT2D eigenvalue weighted by Crippen LogP contribution is 2.17. The van der Waals surface area contributed by atoms with E-state index in [9.17, 15) is 14.4 Å². The summed E-state index contributed by atoms with van der Waals surface area (Å²) in [6, 6.07) is 7.20. The quantitative estimate of drug-likeness (QED) is 0.796. The Morgan fingerprint density at radius 2 is 2.21 bits per heavy atom. The summed E-state index contributed by atoms with van der Waals surface area (Å²) in [7, 11) is 0. The highest BCUT2D eigenvalue weighted by atomic mass is 127. The fourth-order valence-corrected chi connectivity index (χ4v) is 2.90. The van der Waals surface area contributed by atoms with Gasteiger partial charge in [0.15, 0.2) is 0 Å². The standard InChI is InChI=1S/C12H11IN2O3S/c13-9-3-1-2-8(6-9)11(17)14-4-5-15-10(16)7-19-12(15)18/h1-3,6H,4-5,7H2,(H,14,17). The molecule has 0 radical (unpaired) electrons. The smallest absolute Gasteiger partial charge is 0.288 e. The Labute approximate surface area is 128 Å². The lowest BCUT2D eigenvalue weighted by Gasteiger charge is -2.13. The van der Waals surface area contributed by atoms with Crippen molar-refractivity contribution in [2.75, 3.05) is 18.8 Å². The van der Waals surface area contributed by atoms with Crippen LogP contribution in [0.4, 0.5) is 4.79 Å². The van der Waals surface area contributed by atoms with Crippen LogP contribution in [0.3, 0.4) is 0 Å². The SMILES string of the molecule is O=C(NCCN1C(=O)CSC1=O)c1cccc(I)c1. The molecule has 5 nitrogen and oxygen atoms in total. The Morgan fingerprint density at radius 3 is 2.84 bits per heavy atom. The molecule has 1 fully saturated rings. The molecule has 2 rings (SSSR count). The number of nitrogens with one attached hydrogen (secondary N) is 1. The predicted octanol–water partition coefficient (Wildman–Crippen LogP) is 1.72. The highest BCUT2D eigenvalue weighted by Gasteiger charge is 2.29. The Balaban J connectivity index is 1.84. The van der Waals surface area contributed by atoms with E-state index in [0.29, 0.717) is 5.56 Å². The van der Waals surface area contributed by atoms with E-state index in [2.05, 4.69) is 27.9 Å². The third-order valence-electron chi connectivity index (χ3n) is 2.55. The number of carbonyl (C=O) groups is 3. The van der Waals surface area contributed by atoms with E-state index < -0.39 is 0 Å². The van der Waals surface area contributed by atoms with E-state index in [1.165, 1.54) is 4.90 Å². The number of imide groups is 1. The van der Waals surface area contributed by atoms with Crippen molar-refractivity contribution in [1.29, 1.82) is 0 Å². The first-order valence-corrected chi connectivity index (χ1v) is 7.65. The average Bonchev–Trinajstić information content (AvgIpc) is 2.70. The van der Waals surface area contributed by atoms with Crippen LogP contribution in [0, 0.1) is 3.57 Å². The maximum absolute atomic E-state index is 11.8. The van der Waals surface area contributed by atoms with E-state index in [1.807, 2.05) is 6.07 Å². The molecule has 0 unspecified atom stereocenters. The van der Waals surface area contributed by atoms with Crippen molar-refractivity contribution in [2.45, 2.75) is 0 Å². The molecule has 1 aromatic carbocycles. The van der Waals surface area contributed by atoms with Gasteiger partial charge in [0.25, 0.3) is 11.1 Å². The number of thioether (sulfide) groups is 1. The molecule has 1 aliphatic rings. The van der Waals surface area contributed by atoms with Crippen molar-refractivity contribution in [3.05, 3.63) is 33.4 Å². The summed E-state index contributed by atoms with van der Waals surface area (Å²) in [6.07, 6.45) is 0. The molecule has 1 aliphatic heterocycles. The first-order valence-electron chi connectivity index (χ1n) is 5.59. The summed E-state index contributed by atoms with van der Waals surface area (Å²) in [5.41, 5.74) is 0.570. The minimum atomic E-state index is -0.242. The van der Waals surface area contributed by atoms with Crippen molar-refractivity contribution in [2.24, 2.45) is 0 Å². The lowest BCUT2D eigenvalue weighted by Crippen LogP contribution is -2.37. The third kappa shape index (κ3) is 3.69. The van der Waals surface area contributed by atoms with Gasteiger partial charge in [-0.05, 0) is 40.8 Å². The molecule has 1 heterocycles. The molecular weight excluding hydrogens is 379 g/mol. The van der Waals surface area contributed by atoms with Gasteiger partial charge in [-0.3, -0.25) is 19.3 Å². The van der Waals surface area contributed by atoms with Crippen LogP contribution in [0.25, 0.3) is 0 Å². The van der Waals surface area contributed by atoms with Crippen molar-refractivity contribution in [3.63, 3.8) is 0 Å². The van der Waals surface area contributed by atoms with Gasteiger partial charge in [0.1, 0.15) is 0 Å². The van der Waals surface area contributed by atoms with Crippen LogP contribution in [0.5, 0.6) is 0 Å². The number of halogens is 1. The maximum atomic E-state index is 11.8. The Kier molecular flexibility index (Phi) is 4.81. The molecule has 0 atom stereocenters. The van der Waals surface area contributed by atoms with Crippen molar-refractivity contribution in [1.82, 2.24) is 10.2 Å². The van der Waals surface area contributed by atoms with Crippen LogP contribution in [0.2, 0.25) is 0 Å². The third-order valence-corrected chi connectivity index (χ3v) is 4.08. The lowest BCUT2D eigenvalue weighted by molar-refractivity contribution is -0.124. The van der Waals surface area contributed by atoms with Gasteiger partial charge in [-0.15, -0.1) is 0 Å². The van der Waals surface area contributed by atoms with Gasteiger partial charge in [0.2, 0.25) is 5.91 Å². The maximum Gasteiger partial charge on any atom is 0.288 e. The molecule has 0 saturated carbocycles. The zero-order chi connectivity index (χ0) is 13.8. The number of nitrogens with zero attached hydrogens (tertiary/aromatic N) is 1. The minimum absolute atomic E-state index is 0.196. The first-order chi connectivity index (χ1) is 9.08. The number of benzene rings is 1. The van der Waals surface area contributed by atoms with Gasteiger partial charge in [0, 0.05) is 22.2 Å². The van der Waals surface area contributed by atoms with Crippen molar-refractivity contribution in [3.8, 4) is 0 Å². The fourth-order valence-electron chi connectivity index (χ4n) is 1.61. The highest BCUT2D eigenvalue weighted by molar-refractivity contribution is 14.1. The molecule has 0 spiro atoms. The molecule has 100 valence electrons. The molecule has 19 heavy (non-hydrogen) atoms. The van der Waals surface area contributed by atoms with Gasteiger partial charge >= 0.3 is 0 Å². The number of carbonyl (C=O) groups excluding carboxylic acids is 3. The summed E-state index contributed by atoms with van der Waals surface area (Å²) in [6.45, 7) is 0.489. The van der Waals surface area contributed by atoms with E-state index in [1.54, 1.807) is 18.2 Å². The molecule has 1 saturated heterocycles. The van der Waals surface area contributed by atoms with Crippen LogP contribution < -0.4 is 5.32 Å². The van der Waals surface area contributed by atoms with E-state index in [-0.39, 0.29) is 35.9 Å². The summed E-state index contributed by atoms with van der Waals surface area (Å²) in [5, 5.41) is 2.45. The fraction of sp³-hybridized carbons (Fsp3) is 0.250. The largest absolute Gasteiger partial charge is 0.350 e. The number of amides is 3. The van der Waals surface area contributed by atoms with Crippen molar-refractivity contribution < 1.29 is 14.4 Å². The van der Waals surface area contributed by atoms with Gasteiger partial charge in [-0.25, -0.2) is 0 Å². The second kappa shape index (κ2) is 6.38. The van der Waals surface area contributed by atoms with Gasteiger partial charge in [-0.2, -0.15) is 0 Å². The van der Waals surface area contributed by atoms with Gasteiger partial charge < -0.3 is 5.32 Å². The number of rotatable bonds is 4. The lowest BCUT2D eigenvalue weighted by atomic mass is 10.2. The van der Waals surface area contributed by atoms with E-state index in [4.69, 9.17) is 0 Å². The second-order valence-electron chi connectivity index (χ2n) is 3.87. The molecule has 1 N–H and O–H groups in total. The first kappa shape index (κ1) is 14.3. The van der Waals surface area contributed by atoms with Crippen LogP contribution >= 0.6 is 34.4 Å². The van der Waals surface area contributed by atoms with Crippen molar-refractivity contribution >= 4 is 51.4 Å². The summed E-state index contributed by atoms with van der Waals surface area (Å²) in [4.78, 5) is 35.7. The van der Waals surface area contributed by atoms with Crippen LogP contribution in [0.1, 0.15) is 10.4 Å². The number of hydrogen-bond donors (Lipinski definition) is 1. The van der Waals surface area contributed by atoms with E-state index >= 15 is 0 Å². The summed E-state index contributed by atoms with van der Waals surface area (Å²) in [5.74, 6) is -0.201. The molecule has 0 aliphatic carbocycles. The monoisotopic (exact) mass is 390 g/mol. The van der Waals surface area contributed by atoms with Crippen LogP contribution in [-0.4, -0.2) is 40.8 Å². The Morgan fingerprint density at radius 1 is 1.42 bits per heavy atom. The zero-order valence-corrected chi connectivity index (χ0v) is 12.9. The van der Waals surface area contributed by atoms with E-state index in [0.717, 1.165) is 15.3 Å². The molecule has 1 aromatic rings. The van der Waals surface area contributed by atoms with Gasteiger partial charge in [0.05, 0.1) is 5.75 Å². The molecule has 3 amide bonds. The second-order valence-corrected chi connectivity index (χ2v) is 6.04. The topological polar surface area (TPSA) is 66.5 Å². The molecule has 7 heteroatoms. The molecule has 0 bridgehead atoms.